The molecule has 0 saturated carbocycles. The molecule has 1 aromatic heterocycles. The molecule has 0 fully saturated rings. The summed E-state index contributed by atoms with van der Waals surface area (Å²) in [6.45, 7) is 0. The molecule has 1 unspecified atom stereocenters. The van der Waals surface area contributed by atoms with E-state index < -0.39 is 10.8 Å². The maximum atomic E-state index is 13.0. The van der Waals surface area contributed by atoms with Gasteiger partial charge >= 0.3 is 0 Å². The van der Waals surface area contributed by atoms with Gasteiger partial charge in [0.2, 0.25) is 0 Å². The van der Waals surface area contributed by atoms with Crippen LogP contribution in [0.5, 0.6) is 11.5 Å². The van der Waals surface area contributed by atoms with Crippen LogP contribution in [0.4, 0.5) is 0 Å². The van der Waals surface area contributed by atoms with Gasteiger partial charge in [0.15, 0.2) is 5.82 Å². The highest BCUT2D eigenvalue weighted by Crippen LogP contribution is 2.33. The summed E-state index contributed by atoms with van der Waals surface area (Å²) in [5.41, 5.74) is 0.770. The number of hydrogen-bond acceptors (Lipinski definition) is 6. The van der Waals surface area contributed by atoms with Crippen molar-refractivity contribution in [1.29, 1.82) is 0 Å². The van der Waals surface area contributed by atoms with Gasteiger partial charge in [-0.3, -0.25) is 4.21 Å². The van der Waals surface area contributed by atoms with Crippen molar-refractivity contribution in [3.05, 3.63) is 52.8 Å². The Hall–Kier alpha value is -2.26. The average Bonchev–Trinajstić information content (AvgIpc) is 3.09. The van der Waals surface area contributed by atoms with Gasteiger partial charge in [0.25, 0.3) is 0 Å². The molecule has 1 atom stereocenters. The fourth-order valence-electron chi connectivity index (χ4n) is 2.34. The quantitative estimate of drug-likeness (QED) is 0.607. The molecule has 0 radical (unpaired) electrons. The van der Waals surface area contributed by atoms with Crippen LogP contribution in [0.1, 0.15) is 5.82 Å². The van der Waals surface area contributed by atoms with Crippen molar-refractivity contribution in [2.45, 2.75) is 10.6 Å². The maximum absolute atomic E-state index is 13.0. The summed E-state index contributed by atoms with van der Waals surface area (Å²) in [7, 11) is 1.60. The number of halogens is 1. The number of benzene rings is 2. The average molecular weight is 423 g/mol. The molecule has 0 saturated heterocycles. The van der Waals surface area contributed by atoms with E-state index in [4.69, 9.17) is 9.47 Å². The van der Waals surface area contributed by atoms with Crippen molar-refractivity contribution < 1.29 is 13.7 Å². The molecular weight excluding hydrogens is 408 g/mol. The Morgan fingerprint density at radius 1 is 1.08 bits per heavy atom. The van der Waals surface area contributed by atoms with Gasteiger partial charge in [0.1, 0.15) is 16.4 Å². The van der Waals surface area contributed by atoms with E-state index in [0.29, 0.717) is 22.2 Å². The molecule has 0 aliphatic heterocycles. The lowest BCUT2D eigenvalue weighted by atomic mass is 10.3. The third kappa shape index (κ3) is 3.57. The summed E-state index contributed by atoms with van der Waals surface area (Å²) in [5, 5.41) is 11.7. The van der Waals surface area contributed by atoms with Gasteiger partial charge in [0.05, 0.1) is 36.5 Å². The van der Waals surface area contributed by atoms with E-state index in [9.17, 15) is 4.21 Å². The van der Waals surface area contributed by atoms with E-state index in [-0.39, 0.29) is 5.75 Å². The highest BCUT2D eigenvalue weighted by molar-refractivity contribution is 9.10. The Morgan fingerprint density at radius 3 is 2.40 bits per heavy atom. The monoisotopic (exact) mass is 422 g/mol. The Balaban J connectivity index is 1.97. The second-order valence-electron chi connectivity index (χ2n) is 4.94. The van der Waals surface area contributed by atoms with Crippen LogP contribution in [0.2, 0.25) is 0 Å². The van der Waals surface area contributed by atoms with Gasteiger partial charge in [-0.15, -0.1) is 5.10 Å². The molecule has 0 aliphatic rings. The van der Waals surface area contributed by atoms with Gasteiger partial charge in [-0.25, -0.2) is 0 Å². The first-order chi connectivity index (χ1) is 12.2. The number of aromatic nitrogens is 4. The Morgan fingerprint density at radius 2 is 1.76 bits per heavy atom. The number of hydrogen-bond donors (Lipinski definition) is 0. The van der Waals surface area contributed by atoms with Crippen LogP contribution in [-0.4, -0.2) is 38.6 Å². The highest BCUT2D eigenvalue weighted by atomic mass is 79.9. The van der Waals surface area contributed by atoms with Gasteiger partial charge < -0.3 is 9.47 Å². The van der Waals surface area contributed by atoms with Crippen LogP contribution in [0.15, 0.2) is 51.8 Å². The third-order valence-corrected chi connectivity index (χ3v) is 5.53. The summed E-state index contributed by atoms with van der Waals surface area (Å²) < 4.78 is 26.0. The number of methoxy groups -OCH3 is 2. The topological polar surface area (TPSA) is 79.1 Å². The van der Waals surface area contributed by atoms with Gasteiger partial charge in [-0.1, -0.05) is 18.2 Å². The molecule has 3 rings (SSSR count). The zero-order valence-corrected chi connectivity index (χ0v) is 16.0. The van der Waals surface area contributed by atoms with Crippen LogP contribution in [0.3, 0.4) is 0 Å². The van der Waals surface area contributed by atoms with E-state index in [1.807, 2.05) is 24.3 Å². The smallest absolute Gasteiger partial charge is 0.169 e. The second kappa shape index (κ2) is 7.75. The zero-order chi connectivity index (χ0) is 17.8. The number of nitrogens with zero attached hydrogens (tertiary/aromatic N) is 4. The third-order valence-electron chi connectivity index (χ3n) is 3.49. The fourth-order valence-corrected chi connectivity index (χ4v) is 4.10. The zero-order valence-electron chi connectivity index (χ0n) is 13.5. The molecule has 0 aliphatic carbocycles. The van der Waals surface area contributed by atoms with Crippen molar-refractivity contribution in [3.63, 3.8) is 0 Å². The van der Waals surface area contributed by atoms with Crippen LogP contribution in [0, 0.1) is 0 Å². The number of rotatable bonds is 6. The summed E-state index contributed by atoms with van der Waals surface area (Å²) >= 11 is 3.48. The first kappa shape index (κ1) is 17.6. The normalized spacial score (nSPS) is 12.0. The Labute approximate surface area is 155 Å². The summed E-state index contributed by atoms with van der Waals surface area (Å²) in [4.78, 5) is 0.481. The van der Waals surface area contributed by atoms with E-state index in [1.165, 1.54) is 14.2 Å². The van der Waals surface area contributed by atoms with Gasteiger partial charge in [-0.2, -0.15) is 4.68 Å². The number of tetrazole rings is 1. The van der Waals surface area contributed by atoms with E-state index in [2.05, 4.69) is 31.5 Å². The van der Waals surface area contributed by atoms with E-state index >= 15 is 0 Å². The SMILES string of the molecule is COc1cccc(OC)c1S(=O)Cc1nnnn1-c1ccccc1Br. The molecule has 0 spiro atoms. The maximum Gasteiger partial charge on any atom is 0.169 e. The minimum absolute atomic E-state index is 0.116. The number of para-hydroxylation sites is 1. The lowest BCUT2D eigenvalue weighted by Gasteiger charge is -2.12. The molecule has 9 heteroatoms. The van der Waals surface area contributed by atoms with Crippen molar-refractivity contribution >= 4 is 26.7 Å². The molecular formula is C16H15BrN4O3S. The van der Waals surface area contributed by atoms with Gasteiger partial charge in [-0.05, 0) is 50.6 Å². The Kier molecular flexibility index (Phi) is 5.44. The summed E-state index contributed by atoms with van der Waals surface area (Å²) in [6.07, 6.45) is 0. The van der Waals surface area contributed by atoms with Crippen molar-refractivity contribution in [1.82, 2.24) is 20.2 Å². The molecule has 0 N–H and O–H groups in total. The Bertz CT molecular complexity index is 894. The molecule has 2 aromatic carbocycles. The summed E-state index contributed by atoms with van der Waals surface area (Å²) in [5.74, 6) is 1.58. The molecule has 1 heterocycles. The first-order valence-electron chi connectivity index (χ1n) is 7.27. The van der Waals surface area contributed by atoms with Crippen molar-refractivity contribution in [2.75, 3.05) is 14.2 Å². The molecule has 3 aromatic rings. The largest absolute Gasteiger partial charge is 0.495 e. The molecule has 7 nitrogen and oxygen atoms in total. The lowest BCUT2D eigenvalue weighted by Crippen LogP contribution is -2.09. The highest BCUT2D eigenvalue weighted by Gasteiger charge is 2.21. The standard InChI is InChI=1S/C16H15BrN4O3S/c1-23-13-8-5-9-14(24-2)16(13)25(22)10-15-18-19-20-21(15)12-7-4-3-6-11(12)17/h3-9H,10H2,1-2H3. The predicted molar refractivity (Wildman–Crippen MR) is 96.5 cm³/mol. The summed E-state index contributed by atoms with van der Waals surface area (Å²) in [6, 6.07) is 12.8. The van der Waals surface area contributed by atoms with Crippen LogP contribution < -0.4 is 9.47 Å². The van der Waals surface area contributed by atoms with E-state index in [1.54, 1.807) is 22.9 Å². The van der Waals surface area contributed by atoms with Crippen LogP contribution in [-0.2, 0) is 16.6 Å². The second-order valence-corrected chi connectivity index (χ2v) is 7.18. The molecule has 130 valence electrons. The van der Waals surface area contributed by atoms with Crippen LogP contribution >= 0.6 is 15.9 Å². The first-order valence-corrected chi connectivity index (χ1v) is 9.38. The molecule has 0 bridgehead atoms. The minimum Gasteiger partial charge on any atom is -0.495 e. The van der Waals surface area contributed by atoms with Gasteiger partial charge in [0, 0.05) is 4.47 Å². The fraction of sp³-hybridized carbons (Fsp3) is 0.188. The predicted octanol–water partition coefficient (Wildman–Crippen LogP) is 2.75. The minimum atomic E-state index is -1.45. The van der Waals surface area contributed by atoms with E-state index in [0.717, 1.165) is 10.2 Å². The van der Waals surface area contributed by atoms with Crippen LogP contribution in [0.25, 0.3) is 5.69 Å². The van der Waals surface area contributed by atoms with Crippen molar-refractivity contribution in [3.8, 4) is 17.2 Å². The lowest BCUT2D eigenvalue weighted by molar-refractivity contribution is 0.375. The number of ether oxygens (including phenoxy) is 2. The molecule has 0 amide bonds. The van der Waals surface area contributed by atoms with Crippen molar-refractivity contribution in [2.24, 2.45) is 0 Å². The molecule has 25 heavy (non-hydrogen) atoms.